The molecular weight excluding hydrogens is 270 g/mol. The normalized spacial score (nSPS) is 10.5. The first-order valence-electron chi connectivity index (χ1n) is 6.23. The van der Waals surface area contributed by atoms with Gasteiger partial charge in [0.2, 0.25) is 11.9 Å². The van der Waals surface area contributed by atoms with Crippen molar-refractivity contribution in [3.8, 4) is 11.4 Å². The second-order valence-electron chi connectivity index (χ2n) is 4.39. The lowest BCUT2D eigenvalue weighted by Gasteiger charge is -2.04. The molecule has 7 nitrogen and oxygen atoms in total. The molecule has 0 radical (unpaired) electrons. The average molecular weight is 281 g/mol. The summed E-state index contributed by atoms with van der Waals surface area (Å²) in [6.45, 7) is 1.36. The summed E-state index contributed by atoms with van der Waals surface area (Å²) in [4.78, 5) is 38.1. The summed E-state index contributed by atoms with van der Waals surface area (Å²) in [5.41, 5.74) is 0.681. The first-order valence-corrected chi connectivity index (χ1v) is 6.23. The van der Waals surface area contributed by atoms with Gasteiger partial charge in [0.25, 0.3) is 5.56 Å². The lowest BCUT2D eigenvalue weighted by molar-refractivity contribution is -0.114. The molecular formula is C14H11N5O2. The smallest absolute Gasteiger partial charge is 0.262 e. The Morgan fingerprint density at radius 1 is 1.19 bits per heavy atom. The fraction of sp³-hybridized carbons (Fsp3) is 0.0714. The largest absolute Gasteiger partial charge is 0.306 e. The van der Waals surface area contributed by atoms with Gasteiger partial charge in [0.1, 0.15) is 11.2 Å². The van der Waals surface area contributed by atoms with Gasteiger partial charge in [-0.05, 0) is 0 Å². The first kappa shape index (κ1) is 12.9. The molecule has 0 aliphatic rings. The van der Waals surface area contributed by atoms with Crippen LogP contribution in [-0.2, 0) is 4.79 Å². The van der Waals surface area contributed by atoms with E-state index in [0.29, 0.717) is 5.82 Å². The van der Waals surface area contributed by atoms with Crippen LogP contribution in [0.15, 0.2) is 41.3 Å². The van der Waals surface area contributed by atoms with Gasteiger partial charge in [-0.2, -0.15) is 4.98 Å². The number of carbonyl (C=O) groups is 1. The van der Waals surface area contributed by atoms with Crippen molar-refractivity contribution in [2.24, 2.45) is 0 Å². The number of hydrogen-bond donors (Lipinski definition) is 2. The topological polar surface area (TPSA) is 101 Å². The fourth-order valence-corrected chi connectivity index (χ4v) is 1.88. The molecule has 2 heterocycles. The summed E-state index contributed by atoms with van der Waals surface area (Å²) in [7, 11) is 0. The van der Waals surface area contributed by atoms with Gasteiger partial charge in [-0.3, -0.25) is 14.9 Å². The van der Waals surface area contributed by atoms with Gasteiger partial charge in [-0.25, -0.2) is 9.97 Å². The molecule has 21 heavy (non-hydrogen) atoms. The van der Waals surface area contributed by atoms with Crippen molar-refractivity contribution in [1.29, 1.82) is 0 Å². The number of nitrogens with zero attached hydrogens (tertiary/aromatic N) is 3. The average Bonchev–Trinajstić information content (AvgIpc) is 2.47. The molecule has 2 N–H and O–H groups in total. The Bertz CT molecular complexity index is 873. The van der Waals surface area contributed by atoms with Crippen LogP contribution in [0.4, 0.5) is 5.95 Å². The molecule has 3 aromatic rings. The minimum Gasteiger partial charge on any atom is -0.306 e. The van der Waals surface area contributed by atoms with E-state index in [1.54, 1.807) is 0 Å². The van der Waals surface area contributed by atoms with Gasteiger partial charge < -0.3 is 4.98 Å². The fourth-order valence-electron chi connectivity index (χ4n) is 1.88. The maximum absolute atomic E-state index is 12.0. The second-order valence-corrected chi connectivity index (χ2v) is 4.39. The number of amides is 1. The lowest BCUT2D eigenvalue weighted by atomic mass is 10.2. The molecule has 0 saturated carbocycles. The predicted octanol–water partition coefficient (Wildman–Crippen LogP) is 1.34. The summed E-state index contributed by atoms with van der Waals surface area (Å²) in [6.07, 6.45) is 1.34. The Kier molecular flexibility index (Phi) is 3.15. The highest BCUT2D eigenvalue weighted by molar-refractivity contribution is 5.87. The minimum absolute atomic E-state index is 0.118. The van der Waals surface area contributed by atoms with E-state index in [9.17, 15) is 9.59 Å². The minimum atomic E-state index is -0.326. The molecule has 0 aliphatic carbocycles. The Labute approximate surface area is 119 Å². The number of anilines is 1. The van der Waals surface area contributed by atoms with Crippen LogP contribution in [0.1, 0.15) is 6.92 Å². The quantitative estimate of drug-likeness (QED) is 0.738. The van der Waals surface area contributed by atoms with E-state index in [4.69, 9.17) is 0 Å². The Morgan fingerprint density at radius 3 is 2.67 bits per heavy atom. The van der Waals surface area contributed by atoms with Crippen LogP contribution in [0, 0.1) is 0 Å². The highest BCUT2D eigenvalue weighted by atomic mass is 16.1. The number of aromatic nitrogens is 4. The van der Waals surface area contributed by atoms with Crippen molar-refractivity contribution < 1.29 is 4.79 Å². The van der Waals surface area contributed by atoms with Crippen LogP contribution in [0.3, 0.4) is 0 Å². The molecule has 1 amide bonds. The van der Waals surface area contributed by atoms with Crippen LogP contribution < -0.4 is 10.9 Å². The second kappa shape index (κ2) is 5.12. The molecule has 0 unspecified atom stereocenters. The number of hydrogen-bond acceptors (Lipinski definition) is 5. The molecule has 0 spiro atoms. The van der Waals surface area contributed by atoms with Crippen molar-refractivity contribution in [2.75, 3.05) is 5.32 Å². The molecule has 3 rings (SSSR count). The van der Waals surface area contributed by atoms with Gasteiger partial charge in [0.05, 0.1) is 0 Å². The third-order valence-electron chi connectivity index (χ3n) is 2.80. The summed E-state index contributed by atoms with van der Waals surface area (Å²) in [5.74, 6) is 0.246. The Morgan fingerprint density at radius 2 is 1.95 bits per heavy atom. The van der Waals surface area contributed by atoms with Gasteiger partial charge in [0.15, 0.2) is 5.65 Å². The van der Waals surface area contributed by atoms with Gasteiger partial charge in [0, 0.05) is 18.7 Å². The Balaban J connectivity index is 2.17. The van der Waals surface area contributed by atoms with Gasteiger partial charge in [-0.15, -0.1) is 0 Å². The number of fused-ring (bicyclic) bond motifs is 1. The highest BCUT2D eigenvalue weighted by Crippen LogP contribution is 2.15. The summed E-state index contributed by atoms with van der Waals surface area (Å²) < 4.78 is 0. The zero-order valence-electron chi connectivity index (χ0n) is 11.1. The van der Waals surface area contributed by atoms with Crippen molar-refractivity contribution in [3.05, 3.63) is 46.9 Å². The van der Waals surface area contributed by atoms with Crippen LogP contribution in [-0.4, -0.2) is 25.8 Å². The molecule has 104 valence electrons. The van der Waals surface area contributed by atoms with Crippen molar-refractivity contribution >= 4 is 22.9 Å². The third kappa shape index (κ3) is 2.62. The van der Waals surface area contributed by atoms with Crippen LogP contribution in [0.25, 0.3) is 22.4 Å². The van der Waals surface area contributed by atoms with Crippen LogP contribution in [0.5, 0.6) is 0 Å². The number of nitrogens with one attached hydrogen (secondary N) is 2. The number of rotatable bonds is 2. The number of H-pyrrole nitrogens is 1. The first-order chi connectivity index (χ1) is 10.1. The van der Waals surface area contributed by atoms with E-state index in [2.05, 4.69) is 25.3 Å². The molecule has 0 bridgehead atoms. The zero-order valence-corrected chi connectivity index (χ0v) is 11.1. The third-order valence-corrected chi connectivity index (χ3v) is 2.80. The number of aromatic amines is 1. The van der Waals surface area contributed by atoms with Crippen molar-refractivity contribution in [3.63, 3.8) is 0 Å². The SMILES string of the molecule is CC(=O)Nc1ncc2c(=O)[nH]c(-c3ccccc3)nc2n1. The van der Waals surface area contributed by atoms with Gasteiger partial charge >= 0.3 is 0 Å². The van der Waals surface area contributed by atoms with E-state index in [0.717, 1.165) is 5.56 Å². The maximum Gasteiger partial charge on any atom is 0.262 e. The van der Waals surface area contributed by atoms with Crippen molar-refractivity contribution in [1.82, 2.24) is 19.9 Å². The zero-order chi connectivity index (χ0) is 14.8. The predicted molar refractivity (Wildman–Crippen MR) is 77.7 cm³/mol. The molecule has 0 aliphatic heterocycles. The number of benzene rings is 1. The van der Waals surface area contributed by atoms with E-state index in [1.807, 2.05) is 30.3 Å². The van der Waals surface area contributed by atoms with Crippen LogP contribution in [0.2, 0.25) is 0 Å². The van der Waals surface area contributed by atoms with E-state index >= 15 is 0 Å². The standard InChI is InChI=1S/C14H11N5O2/c1-8(20)16-14-15-7-10-12(19-14)17-11(18-13(10)21)9-5-3-2-4-6-9/h2-7H,1H3,(H2,15,16,17,18,19,20,21). The monoisotopic (exact) mass is 281 g/mol. The summed E-state index contributed by atoms with van der Waals surface area (Å²) in [5, 5.41) is 2.73. The lowest BCUT2D eigenvalue weighted by Crippen LogP contribution is -2.14. The molecule has 7 heteroatoms. The van der Waals surface area contributed by atoms with Crippen LogP contribution >= 0.6 is 0 Å². The maximum atomic E-state index is 12.0. The highest BCUT2D eigenvalue weighted by Gasteiger charge is 2.09. The van der Waals surface area contributed by atoms with E-state index < -0.39 is 0 Å². The van der Waals surface area contributed by atoms with Gasteiger partial charge in [-0.1, -0.05) is 30.3 Å². The summed E-state index contributed by atoms with van der Waals surface area (Å²) >= 11 is 0. The Hall–Kier alpha value is -3.09. The molecule has 0 fully saturated rings. The summed E-state index contributed by atoms with van der Waals surface area (Å²) in [6, 6.07) is 9.24. The van der Waals surface area contributed by atoms with Crippen molar-refractivity contribution in [2.45, 2.75) is 6.92 Å². The van der Waals surface area contributed by atoms with E-state index in [-0.39, 0.29) is 28.4 Å². The molecule has 0 atom stereocenters. The molecule has 1 aromatic carbocycles. The molecule has 2 aromatic heterocycles. The molecule has 0 saturated heterocycles. The number of carbonyl (C=O) groups excluding carboxylic acids is 1. The van der Waals surface area contributed by atoms with E-state index in [1.165, 1.54) is 13.1 Å².